The van der Waals surface area contributed by atoms with E-state index in [4.69, 9.17) is 0 Å². The van der Waals surface area contributed by atoms with Crippen LogP contribution in [0.2, 0.25) is 0 Å². The van der Waals surface area contributed by atoms with Gasteiger partial charge in [0, 0.05) is 25.7 Å². The summed E-state index contributed by atoms with van der Waals surface area (Å²) < 4.78 is 0. The van der Waals surface area contributed by atoms with Gasteiger partial charge in [-0.2, -0.15) is 10.5 Å². The molecule has 0 spiro atoms. The minimum atomic E-state index is -1.18. The molecule has 2 nitrogen and oxygen atoms in total. The summed E-state index contributed by atoms with van der Waals surface area (Å²) in [5, 5.41) is 19.6. The molecule has 2 aromatic carbocycles. The van der Waals surface area contributed by atoms with E-state index in [0.29, 0.717) is 25.7 Å². The zero-order valence-electron chi connectivity index (χ0n) is 15.4. The monoisotopic (exact) mass is 350 g/mol. The van der Waals surface area contributed by atoms with E-state index in [1.807, 2.05) is 60.7 Å². The molecule has 0 saturated carbocycles. The van der Waals surface area contributed by atoms with Crippen LogP contribution in [0, 0.1) is 28.1 Å². The van der Waals surface area contributed by atoms with Crippen LogP contribution in [0.4, 0.5) is 0 Å². The van der Waals surface area contributed by atoms with Crippen molar-refractivity contribution in [3.63, 3.8) is 0 Å². The predicted molar refractivity (Wildman–Crippen MR) is 108 cm³/mol. The minimum Gasteiger partial charge on any atom is -0.197 e. The van der Waals surface area contributed by atoms with Gasteiger partial charge in [0.1, 0.15) is 0 Å². The topological polar surface area (TPSA) is 47.6 Å². The molecule has 0 amide bonds. The first-order chi connectivity index (χ1) is 13.1. The number of nitriles is 2. The molecule has 0 radical (unpaired) electrons. The van der Waals surface area contributed by atoms with Gasteiger partial charge in [-0.25, -0.2) is 0 Å². The van der Waals surface area contributed by atoms with Crippen molar-refractivity contribution in [2.24, 2.45) is 5.41 Å². The Kier molecular flexibility index (Phi) is 7.19. The Morgan fingerprint density at radius 2 is 1.07 bits per heavy atom. The maximum absolute atomic E-state index is 9.80. The fraction of sp³-hybridized carbons (Fsp3) is 0.200. The van der Waals surface area contributed by atoms with Gasteiger partial charge >= 0.3 is 0 Å². The highest BCUT2D eigenvalue weighted by molar-refractivity contribution is 5.30. The van der Waals surface area contributed by atoms with Gasteiger partial charge in [-0.1, -0.05) is 73.8 Å². The number of hydrogen-bond donors (Lipinski definition) is 0. The van der Waals surface area contributed by atoms with E-state index in [-0.39, 0.29) is 0 Å². The van der Waals surface area contributed by atoms with E-state index < -0.39 is 5.41 Å². The number of rotatable bonds is 8. The maximum Gasteiger partial charge on any atom is 0.152 e. The Labute approximate surface area is 161 Å². The van der Waals surface area contributed by atoms with Gasteiger partial charge in [-0.3, -0.25) is 0 Å². The van der Waals surface area contributed by atoms with Crippen LogP contribution >= 0.6 is 0 Å². The smallest absolute Gasteiger partial charge is 0.152 e. The molecule has 0 aliphatic carbocycles. The molecule has 0 saturated heterocycles. The maximum atomic E-state index is 9.80. The molecule has 0 aliphatic heterocycles. The van der Waals surface area contributed by atoms with Gasteiger partial charge in [0.25, 0.3) is 0 Å². The van der Waals surface area contributed by atoms with E-state index in [1.165, 1.54) is 0 Å². The Bertz CT molecular complexity index is 861. The van der Waals surface area contributed by atoms with Gasteiger partial charge in [-0.15, -0.1) is 11.5 Å². The predicted octanol–water partition coefficient (Wildman–Crippen LogP) is 5.71. The van der Waals surface area contributed by atoms with Crippen LogP contribution in [0.25, 0.3) is 0 Å². The summed E-state index contributed by atoms with van der Waals surface area (Å²) in [7, 11) is 0. The fourth-order valence-electron chi connectivity index (χ4n) is 3.03. The minimum absolute atomic E-state index is 0.304. The van der Waals surface area contributed by atoms with Gasteiger partial charge < -0.3 is 0 Å². The average molecular weight is 350 g/mol. The van der Waals surface area contributed by atoms with Crippen LogP contribution in [-0.4, -0.2) is 0 Å². The normalized spacial score (nSPS) is 10.0. The van der Waals surface area contributed by atoms with E-state index in [2.05, 4.69) is 36.8 Å². The molecule has 0 fully saturated rings. The number of hydrogen-bond acceptors (Lipinski definition) is 2. The van der Waals surface area contributed by atoms with Gasteiger partial charge in [0.2, 0.25) is 0 Å². The van der Waals surface area contributed by atoms with Crippen molar-refractivity contribution < 1.29 is 0 Å². The van der Waals surface area contributed by atoms with Crippen molar-refractivity contribution >= 4 is 0 Å². The van der Waals surface area contributed by atoms with Crippen molar-refractivity contribution in [2.45, 2.75) is 25.7 Å². The summed E-state index contributed by atoms with van der Waals surface area (Å²) in [6.07, 6.45) is 1.86. The Balaban J connectivity index is 2.18. The first kappa shape index (κ1) is 19.8. The lowest BCUT2D eigenvalue weighted by molar-refractivity contribution is 0.502. The largest absolute Gasteiger partial charge is 0.197 e. The van der Waals surface area contributed by atoms with Crippen LogP contribution in [0.5, 0.6) is 0 Å². The molecule has 0 heterocycles. The fourth-order valence-corrected chi connectivity index (χ4v) is 3.03. The summed E-state index contributed by atoms with van der Waals surface area (Å²) in [4.78, 5) is 0. The summed E-state index contributed by atoms with van der Waals surface area (Å²) in [6, 6.07) is 24.3. The highest BCUT2D eigenvalue weighted by Gasteiger charge is 2.32. The third-order valence-electron chi connectivity index (χ3n) is 4.48. The summed E-state index contributed by atoms with van der Waals surface area (Å²) in [6.45, 7) is 7.52. The molecule has 2 rings (SSSR count). The summed E-state index contributed by atoms with van der Waals surface area (Å²) in [5.41, 5.74) is 8.62. The molecule has 0 aliphatic rings. The first-order valence-corrected chi connectivity index (χ1v) is 8.80. The standard InChI is InChI=1S/C25H22N2/c1-3-21(15-23-11-7-5-8-12-23)17-25(19-26,20-27)18-22(4-2)16-24-13-9-6-10-14-24/h5-14H,1-2,15-18H2. The Morgan fingerprint density at radius 3 is 1.37 bits per heavy atom. The molecular formula is C25H22N2. The van der Waals surface area contributed by atoms with Crippen molar-refractivity contribution in [1.82, 2.24) is 0 Å². The lowest BCUT2D eigenvalue weighted by Crippen LogP contribution is -2.19. The molecule has 0 aromatic heterocycles. The third kappa shape index (κ3) is 5.74. The second kappa shape index (κ2) is 9.82. The second-order valence-electron chi connectivity index (χ2n) is 6.54. The van der Waals surface area contributed by atoms with Crippen LogP contribution in [0.3, 0.4) is 0 Å². The quantitative estimate of drug-likeness (QED) is 0.573. The van der Waals surface area contributed by atoms with Crippen molar-refractivity contribution in [2.75, 3.05) is 0 Å². The summed E-state index contributed by atoms with van der Waals surface area (Å²) in [5.74, 6) is 0. The van der Waals surface area contributed by atoms with Crippen LogP contribution in [-0.2, 0) is 12.8 Å². The molecule has 2 aromatic rings. The molecule has 27 heavy (non-hydrogen) atoms. The molecular weight excluding hydrogens is 328 g/mol. The molecule has 0 bridgehead atoms. The Morgan fingerprint density at radius 1 is 0.704 bits per heavy atom. The molecule has 0 unspecified atom stereocenters. The lowest BCUT2D eigenvalue weighted by Gasteiger charge is -2.21. The zero-order chi connectivity index (χ0) is 19.5. The average Bonchev–Trinajstić information content (AvgIpc) is 2.73. The van der Waals surface area contributed by atoms with Gasteiger partial charge in [-0.05, 0) is 22.3 Å². The second-order valence-corrected chi connectivity index (χ2v) is 6.54. The van der Waals surface area contributed by atoms with E-state index in [0.717, 1.165) is 22.3 Å². The molecule has 2 heteroatoms. The molecule has 132 valence electrons. The number of allylic oxidation sites excluding steroid dienone is 2. The SMILES string of the molecule is C=C=C(Cc1ccccc1)CC(C#N)(C#N)CC(=C=C)Cc1ccccc1. The van der Waals surface area contributed by atoms with Crippen molar-refractivity contribution in [1.29, 1.82) is 10.5 Å². The summed E-state index contributed by atoms with van der Waals surface area (Å²) >= 11 is 0. The van der Waals surface area contributed by atoms with Gasteiger partial charge in [0.15, 0.2) is 5.41 Å². The highest BCUT2D eigenvalue weighted by Crippen LogP contribution is 2.34. The van der Waals surface area contributed by atoms with E-state index in [9.17, 15) is 10.5 Å². The van der Waals surface area contributed by atoms with Crippen molar-refractivity contribution in [3.8, 4) is 12.1 Å². The van der Waals surface area contributed by atoms with Crippen LogP contribution in [0.15, 0.2) is 96.4 Å². The number of nitrogens with zero attached hydrogens (tertiary/aromatic N) is 2. The number of benzene rings is 2. The zero-order valence-corrected chi connectivity index (χ0v) is 15.4. The first-order valence-electron chi connectivity index (χ1n) is 8.80. The van der Waals surface area contributed by atoms with E-state index in [1.54, 1.807) is 0 Å². The lowest BCUT2D eigenvalue weighted by atomic mass is 9.77. The van der Waals surface area contributed by atoms with Gasteiger partial charge in [0.05, 0.1) is 12.1 Å². The Hall–Kier alpha value is -3.54. The molecule has 0 N–H and O–H groups in total. The van der Waals surface area contributed by atoms with Crippen LogP contribution in [0.1, 0.15) is 24.0 Å². The molecule has 0 atom stereocenters. The van der Waals surface area contributed by atoms with Crippen molar-refractivity contribution in [3.05, 3.63) is 108 Å². The van der Waals surface area contributed by atoms with E-state index >= 15 is 0 Å². The third-order valence-corrected chi connectivity index (χ3v) is 4.48. The highest BCUT2D eigenvalue weighted by atomic mass is 14.4. The van der Waals surface area contributed by atoms with Crippen LogP contribution < -0.4 is 0 Å².